The van der Waals surface area contributed by atoms with Crippen LogP contribution in [0.3, 0.4) is 0 Å². The van der Waals surface area contributed by atoms with Crippen LogP contribution in [0.5, 0.6) is 0 Å². The maximum absolute atomic E-state index is 14.0. The highest BCUT2D eigenvalue weighted by atomic mass is 19.1. The van der Waals surface area contributed by atoms with Gasteiger partial charge in [-0.15, -0.1) is 0 Å². The molecule has 0 saturated carbocycles. The van der Waals surface area contributed by atoms with Gasteiger partial charge in [0.2, 0.25) is 0 Å². The lowest BCUT2D eigenvalue weighted by Crippen LogP contribution is -2.24. The van der Waals surface area contributed by atoms with Crippen LogP contribution < -0.4 is 5.32 Å². The Hall–Kier alpha value is -1.81. The van der Waals surface area contributed by atoms with Gasteiger partial charge in [-0.1, -0.05) is 13.0 Å². The average molecular weight is 279 g/mol. The first kappa shape index (κ1) is 14.6. The van der Waals surface area contributed by atoms with E-state index in [0.717, 1.165) is 23.8 Å². The Bertz CT molecular complexity index is 559. The van der Waals surface area contributed by atoms with Gasteiger partial charge in [0.1, 0.15) is 17.5 Å². The van der Waals surface area contributed by atoms with Crippen molar-refractivity contribution in [2.24, 2.45) is 0 Å². The molecule has 1 nitrogen and oxygen atoms in total. The lowest BCUT2D eigenvalue weighted by Gasteiger charge is -2.21. The fourth-order valence-electron chi connectivity index (χ4n) is 2.25. The Kier molecular flexibility index (Phi) is 4.45. The second kappa shape index (κ2) is 6.09. The number of hydrogen-bond donors (Lipinski definition) is 1. The highest BCUT2D eigenvalue weighted by molar-refractivity contribution is 5.38. The first-order valence-corrected chi connectivity index (χ1v) is 6.47. The van der Waals surface area contributed by atoms with Crippen molar-refractivity contribution in [3.8, 4) is 0 Å². The number of hydrogen-bond acceptors (Lipinski definition) is 1. The molecule has 0 aromatic heterocycles. The highest BCUT2D eigenvalue weighted by Crippen LogP contribution is 2.28. The van der Waals surface area contributed by atoms with Gasteiger partial charge in [-0.3, -0.25) is 0 Å². The van der Waals surface area contributed by atoms with E-state index in [1.807, 2.05) is 13.8 Å². The van der Waals surface area contributed by atoms with Crippen LogP contribution >= 0.6 is 0 Å². The third kappa shape index (κ3) is 3.02. The van der Waals surface area contributed by atoms with Gasteiger partial charge in [0.15, 0.2) is 0 Å². The van der Waals surface area contributed by atoms with Gasteiger partial charge in [-0.05, 0) is 54.9 Å². The van der Waals surface area contributed by atoms with Crippen LogP contribution in [0, 0.1) is 24.4 Å². The van der Waals surface area contributed by atoms with Crippen molar-refractivity contribution in [2.45, 2.75) is 19.9 Å². The molecule has 0 aliphatic rings. The molecule has 0 fully saturated rings. The molecule has 1 unspecified atom stereocenters. The molecule has 20 heavy (non-hydrogen) atoms. The monoisotopic (exact) mass is 279 g/mol. The molecule has 4 heteroatoms. The smallest absolute Gasteiger partial charge is 0.128 e. The zero-order valence-electron chi connectivity index (χ0n) is 11.4. The Morgan fingerprint density at radius 1 is 0.950 bits per heavy atom. The summed E-state index contributed by atoms with van der Waals surface area (Å²) in [4.78, 5) is 0. The number of halogens is 3. The highest BCUT2D eigenvalue weighted by Gasteiger charge is 2.20. The van der Waals surface area contributed by atoms with Crippen molar-refractivity contribution in [3.05, 3.63) is 70.5 Å². The van der Waals surface area contributed by atoms with Crippen molar-refractivity contribution in [1.29, 1.82) is 0 Å². The van der Waals surface area contributed by atoms with E-state index in [2.05, 4.69) is 5.32 Å². The fourth-order valence-corrected chi connectivity index (χ4v) is 2.25. The van der Waals surface area contributed by atoms with E-state index < -0.39 is 23.5 Å². The van der Waals surface area contributed by atoms with Crippen LogP contribution in [-0.4, -0.2) is 6.54 Å². The van der Waals surface area contributed by atoms with Crippen molar-refractivity contribution >= 4 is 0 Å². The summed E-state index contributed by atoms with van der Waals surface area (Å²) in [5.74, 6) is -1.43. The number of nitrogens with one attached hydrogen (secondary N) is 1. The Balaban J connectivity index is 2.55. The largest absolute Gasteiger partial charge is 0.306 e. The van der Waals surface area contributed by atoms with Gasteiger partial charge in [0.05, 0.1) is 6.04 Å². The minimum atomic E-state index is -0.577. The molecule has 0 heterocycles. The van der Waals surface area contributed by atoms with Gasteiger partial charge in [0.25, 0.3) is 0 Å². The SMILES string of the molecule is CCNC(c1cc(F)ccc1C)c1cc(F)ccc1F. The van der Waals surface area contributed by atoms with Crippen LogP contribution in [0.15, 0.2) is 36.4 Å². The second-order valence-corrected chi connectivity index (χ2v) is 4.66. The van der Waals surface area contributed by atoms with Gasteiger partial charge in [-0.25, -0.2) is 13.2 Å². The predicted molar refractivity (Wildman–Crippen MR) is 73.0 cm³/mol. The number of aryl methyl sites for hydroxylation is 1. The number of rotatable bonds is 4. The van der Waals surface area contributed by atoms with E-state index in [1.54, 1.807) is 6.07 Å². The first-order valence-electron chi connectivity index (χ1n) is 6.47. The van der Waals surface area contributed by atoms with Gasteiger partial charge >= 0.3 is 0 Å². The molecular weight excluding hydrogens is 263 g/mol. The molecule has 2 aromatic carbocycles. The third-order valence-corrected chi connectivity index (χ3v) is 3.23. The molecule has 0 bridgehead atoms. The summed E-state index contributed by atoms with van der Waals surface area (Å²) < 4.78 is 40.8. The van der Waals surface area contributed by atoms with Gasteiger partial charge in [0, 0.05) is 5.56 Å². The van der Waals surface area contributed by atoms with Crippen LogP contribution in [0.2, 0.25) is 0 Å². The predicted octanol–water partition coefficient (Wildman–Crippen LogP) is 4.11. The summed E-state index contributed by atoms with van der Waals surface area (Å²) in [6.45, 7) is 4.23. The summed E-state index contributed by atoms with van der Waals surface area (Å²) in [6.07, 6.45) is 0. The average Bonchev–Trinajstić information content (AvgIpc) is 2.42. The molecule has 0 radical (unpaired) electrons. The van der Waals surface area contributed by atoms with Crippen molar-refractivity contribution < 1.29 is 13.2 Å². The summed E-state index contributed by atoms with van der Waals surface area (Å²) >= 11 is 0. The first-order chi connectivity index (χ1) is 9.52. The minimum absolute atomic E-state index is 0.181. The van der Waals surface area contributed by atoms with E-state index in [-0.39, 0.29) is 5.56 Å². The van der Waals surface area contributed by atoms with Crippen LogP contribution in [0.25, 0.3) is 0 Å². The molecule has 2 rings (SSSR count). The molecule has 0 aliphatic heterocycles. The maximum atomic E-state index is 14.0. The van der Waals surface area contributed by atoms with Crippen LogP contribution in [-0.2, 0) is 0 Å². The standard InChI is InChI=1S/C16H16F3N/c1-3-20-16(13-8-11(17)5-4-10(13)2)14-9-12(18)6-7-15(14)19/h4-9,16,20H,3H2,1-2H3. The quantitative estimate of drug-likeness (QED) is 0.888. The van der Waals surface area contributed by atoms with E-state index in [1.165, 1.54) is 12.1 Å². The fraction of sp³-hybridized carbons (Fsp3) is 0.250. The molecule has 1 N–H and O–H groups in total. The topological polar surface area (TPSA) is 12.0 Å². The van der Waals surface area contributed by atoms with E-state index in [4.69, 9.17) is 0 Å². The van der Waals surface area contributed by atoms with Crippen LogP contribution in [0.1, 0.15) is 29.7 Å². The molecule has 2 aromatic rings. The second-order valence-electron chi connectivity index (χ2n) is 4.66. The van der Waals surface area contributed by atoms with E-state index >= 15 is 0 Å². The Morgan fingerprint density at radius 2 is 1.55 bits per heavy atom. The van der Waals surface area contributed by atoms with E-state index in [0.29, 0.717) is 12.1 Å². The zero-order valence-corrected chi connectivity index (χ0v) is 11.4. The lowest BCUT2D eigenvalue weighted by atomic mass is 9.94. The molecule has 0 aliphatic carbocycles. The molecular formula is C16H16F3N. The minimum Gasteiger partial charge on any atom is -0.306 e. The summed E-state index contributed by atoms with van der Waals surface area (Å²) in [7, 11) is 0. The van der Waals surface area contributed by atoms with E-state index in [9.17, 15) is 13.2 Å². The molecule has 0 amide bonds. The molecule has 0 spiro atoms. The Labute approximate surface area is 116 Å². The third-order valence-electron chi connectivity index (χ3n) is 3.23. The lowest BCUT2D eigenvalue weighted by molar-refractivity contribution is 0.540. The van der Waals surface area contributed by atoms with Crippen LogP contribution in [0.4, 0.5) is 13.2 Å². The van der Waals surface area contributed by atoms with Gasteiger partial charge < -0.3 is 5.32 Å². The summed E-state index contributed by atoms with van der Waals surface area (Å²) in [5, 5.41) is 3.08. The van der Waals surface area contributed by atoms with Gasteiger partial charge in [-0.2, -0.15) is 0 Å². The molecule has 0 saturated heterocycles. The number of benzene rings is 2. The zero-order chi connectivity index (χ0) is 14.7. The summed E-state index contributed by atoms with van der Waals surface area (Å²) in [5.41, 5.74) is 1.61. The summed E-state index contributed by atoms with van der Waals surface area (Å²) in [6, 6.07) is 7.06. The Morgan fingerprint density at radius 3 is 2.20 bits per heavy atom. The maximum Gasteiger partial charge on any atom is 0.128 e. The van der Waals surface area contributed by atoms with Crippen molar-refractivity contribution in [1.82, 2.24) is 5.32 Å². The normalized spacial score (nSPS) is 12.4. The van der Waals surface area contributed by atoms with Crippen molar-refractivity contribution in [3.63, 3.8) is 0 Å². The van der Waals surface area contributed by atoms with Crippen molar-refractivity contribution in [2.75, 3.05) is 6.54 Å². The molecule has 106 valence electrons. The molecule has 1 atom stereocenters.